The molecule has 1 aliphatic rings. The molecule has 1 aromatic carbocycles. The summed E-state index contributed by atoms with van der Waals surface area (Å²) in [6.45, 7) is 3.61. The number of aryl methyl sites for hydroxylation is 1. The fourth-order valence-corrected chi connectivity index (χ4v) is 2.84. The number of benzene rings is 1. The first-order valence-electron chi connectivity index (χ1n) is 8.21. The van der Waals surface area contributed by atoms with Gasteiger partial charge in [-0.15, -0.1) is 0 Å². The van der Waals surface area contributed by atoms with E-state index in [1.165, 1.54) is 6.42 Å². The molecule has 0 atom stereocenters. The van der Waals surface area contributed by atoms with Gasteiger partial charge in [-0.2, -0.15) is 0 Å². The third kappa shape index (κ3) is 3.64. The number of aromatic nitrogens is 2. The Morgan fingerprint density at radius 1 is 1.21 bits per heavy atom. The van der Waals surface area contributed by atoms with E-state index in [9.17, 15) is 4.79 Å². The zero-order valence-electron chi connectivity index (χ0n) is 14.1. The number of methoxy groups -OCH3 is 1. The predicted octanol–water partition coefficient (Wildman–Crippen LogP) is 3.16. The fourth-order valence-electron chi connectivity index (χ4n) is 2.84. The van der Waals surface area contributed by atoms with Gasteiger partial charge in [0.25, 0.3) is 5.91 Å². The molecule has 1 aromatic heterocycles. The number of nitrogens with one attached hydrogen (secondary N) is 1. The number of ether oxygens (including phenoxy) is 1. The first kappa shape index (κ1) is 16.2. The van der Waals surface area contributed by atoms with Crippen molar-refractivity contribution in [3.63, 3.8) is 0 Å². The maximum Gasteiger partial charge on any atom is 0.272 e. The van der Waals surface area contributed by atoms with Crippen molar-refractivity contribution in [3.8, 4) is 5.75 Å². The summed E-state index contributed by atoms with van der Waals surface area (Å²) in [5, 5.41) is 3.14. The van der Waals surface area contributed by atoms with Crippen LogP contribution in [0.2, 0.25) is 0 Å². The molecule has 1 amide bonds. The number of piperidine rings is 1. The largest absolute Gasteiger partial charge is 0.495 e. The van der Waals surface area contributed by atoms with E-state index in [1.807, 2.05) is 30.0 Å². The second-order valence-corrected chi connectivity index (χ2v) is 5.95. The van der Waals surface area contributed by atoms with Gasteiger partial charge in [0.2, 0.25) is 5.95 Å². The van der Waals surface area contributed by atoms with E-state index in [0.717, 1.165) is 37.2 Å². The summed E-state index contributed by atoms with van der Waals surface area (Å²) < 4.78 is 5.35. The van der Waals surface area contributed by atoms with E-state index in [4.69, 9.17) is 4.74 Å². The lowest BCUT2D eigenvalue weighted by molar-refractivity contribution is 0.0718. The van der Waals surface area contributed by atoms with Crippen molar-refractivity contribution in [2.75, 3.05) is 25.5 Å². The number of rotatable bonds is 4. The standard InChI is InChI=1S/C18H22N4O2/c1-13-6-7-16(24-2)15(12-13)21-18-19-9-8-14(20-18)17(23)22-10-4-3-5-11-22/h6-9,12H,3-5,10-11H2,1-2H3,(H,19,20,21). The summed E-state index contributed by atoms with van der Waals surface area (Å²) in [6, 6.07) is 7.48. The minimum absolute atomic E-state index is 0.0312. The van der Waals surface area contributed by atoms with E-state index < -0.39 is 0 Å². The van der Waals surface area contributed by atoms with Crippen molar-refractivity contribution >= 4 is 17.5 Å². The molecular formula is C18H22N4O2. The second kappa shape index (κ2) is 7.29. The van der Waals surface area contributed by atoms with Gasteiger partial charge in [0.15, 0.2) is 0 Å². The van der Waals surface area contributed by atoms with Crippen LogP contribution in [0.5, 0.6) is 5.75 Å². The summed E-state index contributed by atoms with van der Waals surface area (Å²) in [4.78, 5) is 23.0. The van der Waals surface area contributed by atoms with Crippen LogP contribution in [0.4, 0.5) is 11.6 Å². The van der Waals surface area contributed by atoms with Gasteiger partial charge in [-0.1, -0.05) is 6.07 Å². The average Bonchev–Trinajstić information content (AvgIpc) is 2.62. The molecule has 24 heavy (non-hydrogen) atoms. The van der Waals surface area contributed by atoms with Crippen LogP contribution in [0.15, 0.2) is 30.5 Å². The third-order valence-corrected chi connectivity index (χ3v) is 4.12. The molecule has 2 aromatic rings. The highest BCUT2D eigenvalue weighted by Gasteiger charge is 2.19. The predicted molar refractivity (Wildman–Crippen MR) is 92.8 cm³/mol. The summed E-state index contributed by atoms with van der Waals surface area (Å²) in [6.07, 6.45) is 4.91. The smallest absolute Gasteiger partial charge is 0.272 e. The number of anilines is 2. The van der Waals surface area contributed by atoms with E-state index in [0.29, 0.717) is 17.4 Å². The quantitative estimate of drug-likeness (QED) is 0.935. The molecule has 0 spiro atoms. The van der Waals surface area contributed by atoms with Crippen LogP contribution >= 0.6 is 0 Å². The van der Waals surface area contributed by atoms with E-state index >= 15 is 0 Å². The Kier molecular flexibility index (Phi) is 4.93. The van der Waals surface area contributed by atoms with Gasteiger partial charge in [0, 0.05) is 19.3 Å². The third-order valence-electron chi connectivity index (χ3n) is 4.12. The van der Waals surface area contributed by atoms with Crippen LogP contribution in [-0.4, -0.2) is 41.0 Å². The molecule has 3 rings (SSSR count). The molecule has 1 saturated heterocycles. The average molecular weight is 326 g/mol. The van der Waals surface area contributed by atoms with Crippen molar-refractivity contribution in [2.45, 2.75) is 26.2 Å². The highest BCUT2D eigenvalue weighted by atomic mass is 16.5. The van der Waals surface area contributed by atoms with Gasteiger partial charge >= 0.3 is 0 Å². The lowest BCUT2D eigenvalue weighted by atomic mass is 10.1. The van der Waals surface area contributed by atoms with Crippen molar-refractivity contribution < 1.29 is 9.53 Å². The molecule has 1 fully saturated rings. The van der Waals surface area contributed by atoms with Crippen LogP contribution in [-0.2, 0) is 0 Å². The topological polar surface area (TPSA) is 67.3 Å². The normalized spacial score (nSPS) is 14.3. The molecule has 0 saturated carbocycles. The Morgan fingerprint density at radius 3 is 2.75 bits per heavy atom. The molecular weight excluding hydrogens is 304 g/mol. The van der Waals surface area contributed by atoms with Crippen LogP contribution < -0.4 is 10.1 Å². The Labute approximate surface area is 141 Å². The zero-order chi connectivity index (χ0) is 16.9. The molecule has 2 heterocycles. The summed E-state index contributed by atoms with van der Waals surface area (Å²) in [5.74, 6) is 1.06. The van der Waals surface area contributed by atoms with E-state index in [1.54, 1.807) is 19.4 Å². The van der Waals surface area contributed by atoms with Crippen LogP contribution in [0.1, 0.15) is 35.3 Å². The number of nitrogens with zero attached hydrogens (tertiary/aromatic N) is 3. The van der Waals surface area contributed by atoms with Crippen molar-refractivity contribution in [2.24, 2.45) is 0 Å². The maximum atomic E-state index is 12.6. The van der Waals surface area contributed by atoms with Gasteiger partial charge in [-0.05, 0) is 49.9 Å². The van der Waals surface area contributed by atoms with Gasteiger partial charge in [-0.3, -0.25) is 4.79 Å². The summed E-state index contributed by atoms with van der Waals surface area (Å²) in [7, 11) is 1.62. The number of likely N-dealkylation sites (tertiary alicyclic amines) is 1. The van der Waals surface area contributed by atoms with E-state index in [2.05, 4.69) is 15.3 Å². The van der Waals surface area contributed by atoms with E-state index in [-0.39, 0.29) is 5.91 Å². The first-order valence-corrected chi connectivity index (χ1v) is 8.21. The van der Waals surface area contributed by atoms with Gasteiger partial charge in [-0.25, -0.2) is 9.97 Å². The molecule has 1 aliphatic heterocycles. The Bertz CT molecular complexity index is 727. The number of carbonyl (C=O) groups excluding carboxylic acids is 1. The number of carbonyl (C=O) groups is 1. The SMILES string of the molecule is COc1ccc(C)cc1Nc1nccc(C(=O)N2CCCCC2)n1. The van der Waals surface area contributed by atoms with Gasteiger partial charge < -0.3 is 15.0 Å². The number of amides is 1. The van der Waals surface area contributed by atoms with Gasteiger partial charge in [0.1, 0.15) is 11.4 Å². The molecule has 0 radical (unpaired) electrons. The van der Waals surface area contributed by atoms with Crippen LogP contribution in [0.3, 0.4) is 0 Å². The molecule has 0 aliphatic carbocycles. The Balaban J connectivity index is 1.80. The van der Waals surface area contributed by atoms with Gasteiger partial charge in [0.05, 0.1) is 12.8 Å². The lowest BCUT2D eigenvalue weighted by Gasteiger charge is -2.26. The first-order chi connectivity index (χ1) is 11.7. The summed E-state index contributed by atoms with van der Waals surface area (Å²) >= 11 is 0. The maximum absolute atomic E-state index is 12.6. The Hall–Kier alpha value is -2.63. The molecule has 0 unspecified atom stereocenters. The highest BCUT2D eigenvalue weighted by Crippen LogP contribution is 2.27. The molecule has 6 nitrogen and oxygen atoms in total. The van der Waals surface area contributed by atoms with Crippen LogP contribution in [0, 0.1) is 6.92 Å². The minimum atomic E-state index is -0.0312. The molecule has 126 valence electrons. The van der Waals surface area contributed by atoms with Crippen LogP contribution in [0.25, 0.3) is 0 Å². The molecule has 6 heteroatoms. The fraction of sp³-hybridized carbons (Fsp3) is 0.389. The minimum Gasteiger partial charge on any atom is -0.495 e. The lowest BCUT2D eigenvalue weighted by Crippen LogP contribution is -2.36. The molecule has 0 bridgehead atoms. The Morgan fingerprint density at radius 2 is 2.00 bits per heavy atom. The second-order valence-electron chi connectivity index (χ2n) is 5.95. The van der Waals surface area contributed by atoms with Crippen molar-refractivity contribution in [1.29, 1.82) is 0 Å². The molecule has 1 N–H and O–H groups in total. The highest BCUT2D eigenvalue weighted by molar-refractivity contribution is 5.92. The summed E-state index contributed by atoms with van der Waals surface area (Å²) in [5.41, 5.74) is 2.29. The number of hydrogen-bond acceptors (Lipinski definition) is 5. The van der Waals surface area contributed by atoms with Crippen molar-refractivity contribution in [1.82, 2.24) is 14.9 Å². The zero-order valence-corrected chi connectivity index (χ0v) is 14.1. The monoisotopic (exact) mass is 326 g/mol. The van der Waals surface area contributed by atoms with Crippen molar-refractivity contribution in [3.05, 3.63) is 41.7 Å². The number of hydrogen-bond donors (Lipinski definition) is 1.